The molecule has 1 aromatic rings. The minimum Gasteiger partial charge on any atom is -0.480 e. The molecular weight excluding hydrogens is 272 g/mol. The van der Waals surface area contributed by atoms with Crippen LogP contribution in [0.2, 0.25) is 0 Å². The molecular formula is C10H14N4O4S. The van der Waals surface area contributed by atoms with Gasteiger partial charge in [-0.2, -0.15) is 9.98 Å². The van der Waals surface area contributed by atoms with Gasteiger partial charge in [-0.05, 0) is 6.42 Å². The van der Waals surface area contributed by atoms with Gasteiger partial charge in [0.05, 0.1) is 12.4 Å². The minimum absolute atomic E-state index is 0.0730. The molecule has 0 spiro atoms. The van der Waals surface area contributed by atoms with E-state index in [1.165, 1.54) is 19.4 Å². The van der Waals surface area contributed by atoms with E-state index >= 15 is 0 Å². The van der Waals surface area contributed by atoms with Crippen LogP contribution in [0.1, 0.15) is 19.0 Å². The predicted octanol–water partition coefficient (Wildman–Crippen LogP) is -0.373. The standard InChI is InChI=1S/C10H14N4O4S/c1-2-8(4-11)19(17,18)14-9(10(15)16)3-7-5-12-6-13-7/h5-6,8-9,14H,2-3H2,1H3,(H,12,13)(H,15,16)/t8?,9-/m0/s1. The third-order valence-electron chi connectivity index (χ3n) is 2.47. The van der Waals surface area contributed by atoms with Gasteiger partial charge in [0.1, 0.15) is 6.04 Å². The molecule has 1 heterocycles. The van der Waals surface area contributed by atoms with E-state index in [0.29, 0.717) is 5.69 Å². The first-order valence-electron chi connectivity index (χ1n) is 5.51. The predicted molar refractivity (Wildman–Crippen MR) is 65.5 cm³/mol. The van der Waals surface area contributed by atoms with Crippen molar-refractivity contribution in [2.24, 2.45) is 0 Å². The van der Waals surface area contributed by atoms with E-state index in [4.69, 9.17) is 10.4 Å². The largest absolute Gasteiger partial charge is 0.480 e. The van der Waals surface area contributed by atoms with Crippen molar-refractivity contribution in [3.05, 3.63) is 18.2 Å². The first-order valence-corrected chi connectivity index (χ1v) is 7.06. The number of nitrogens with zero attached hydrogens (tertiary/aromatic N) is 2. The summed E-state index contributed by atoms with van der Waals surface area (Å²) >= 11 is 0. The maximum absolute atomic E-state index is 11.8. The number of aliphatic carboxylic acids is 1. The number of carboxylic acid groups (broad SMARTS) is 1. The number of carboxylic acids is 1. The molecule has 0 amide bonds. The Morgan fingerprint density at radius 3 is 2.79 bits per heavy atom. The van der Waals surface area contributed by atoms with Crippen LogP contribution < -0.4 is 4.72 Å². The van der Waals surface area contributed by atoms with E-state index in [1.807, 2.05) is 4.72 Å². The van der Waals surface area contributed by atoms with Gasteiger partial charge in [-0.1, -0.05) is 6.92 Å². The van der Waals surface area contributed by atoms with Gasteiger partial charge in [0.15, 0.2) is 5.25 Å². The first-order chi connectivity index (χ1) is 8.90. The first kappa shape index (κ1) is 15.1. The number of rotatable bonds is 7. The summed E-state index contributed by atoms with van der Waals surface area (Å²) < 4.78 is 25.7. The van der Waals surface area contributed by atoms with Crippen LogP contribution in [0.25, 0.3) is 0 Å². The van der Waals surface area contributed by atoms with Crippen molar-refractivity contribution >= 4 is 16.0 Å². The molecule has 3 N–H and O–H groups in total. The number of carbonyl (C=O) groups is 1. The molecule has 0 saturated heterocycles. The smallest absolute Gasteiger partial charge is 0.322 e. The third kappa shape index (κ3) is 4.04. The highest BCUT2D eigenvalue weighted by atomic mass is 32.2. The molecule has 0 radical (unpaired) electrons. The summed E-state index contributed by atoms with van der Waals surface area (Å²) in [6.45, 7) is 1.54. The Morgan fingerprint density at radius 2 is 2.37 bits per heavy atom. The van der Waals surface area contributed by atoms with Gasteiger partial charge in [0.25, 0.3) is 0 Å². The Labute approximate surface area is 110 Å². The lowest BCUT2D eigenvalue weighted by atomic mass is 10.2. The van der Waals surface area contributed by atoms with Gasteiger partial charge in [0, 0.05) is 18.3 Å². The van der Waals surface area contributed by atoms with Gasteiger partial charge < -0.3 is 10.1 Å². The lowest BCUT2D eigenvalue weighted by molar-refractivity contribution is -0.138. The number of hydrogen-bond donors (Lipinski definition) is 3. The summed E-state index contributed by atoms with van der Waals surface area (Å²) in [5.74, 6) is -1.31. The molecule has 0 fully saturated rings. The number of imidazole rings is 1. The Kier molecular flexibility index (Phi) is 5.02. The monoisotopic (exact) mass is 286 g/mol. The summed E-state index contributed by atoms with van der Waals surface area (Å²) in [6, 6.07) is 0.292. The molecule has 9 heteroatoms. The van der Waals surface area contributed by atoms with E-state index in [0.717, 1.165) is 0 Å². The molecule has 0 bridgehead atoms. The molecule has 2 atom stereocenters. The number of nitriles is 1. The van der Waals surface area contributed by atoms with Crippen molar-refractivity contribution in [2.75, 3.05) is 0 Å². The zero-order valence-corrected chi connectivity index (χ0v) is 11.0. The highest BCUT2D eigenvalue weighted by Gasteiger charge is 2.30. The summed E-state index contributed by atoms with van der Waals surface area (Å²) in [5.41, 5.74) is 0.486. The molecule has 1 aromatic heterocycles. The Balaban J connectivity index is 2.85. The zero-order valence-electron chi connectivity index (χ0n) is 10.2. The van der Waals surface area contributed by atoms with Crippen LogP contribution in [0.3, 0.4) is 0 Å². The van der Waals surface area contributed by atoms with Crippen LogP contribution in [0.4, 0.5) is 0 Å². The van der Waals surface area contributed by atoms with Crippen molar-refractivity contribution in [3.8, 4) is 6.07 Å². The number of nitrogens with one attached hydrogen (secondary N) is 2. The van der Waals surface area contributed by atoms with Gasteiger partial charge in [-0.15, -0.1) is 0 Å². The maximum Gasteiger partial charge on any atom is 0.322 e. The Hall–Kier alpha value is -1.92. The maximum atomic E-state index is 11.8. The van der Waals surface area contributed by atoms with Crippen molar-refractivity contribution in [1.82, 2.24) is 14.7 Å². The van der Waals surface area contributed by atoms with Crippen LogP contribution in [0.15, 0.2) is 12.5 Å². The van der Waals surface area contributed by atoms with E-state index in [-0.39, 0.29) is 12.8 Å². The number of aromatic amines is 1. The highest BCUT2D eigenvalue weighted by Crippen LogP contribution is 2.07. The van der Waals surface area contributed by atoms with Crippen molar-refractivity contribution in [2.45, 2.75) is 31.1 Å². The SMILES string of the molecule is CCC(C#N)S(=O)(=O)N[C@@H](Cc1cnc[nH]1)C(=O)O. The van der Waals surface area contributed by atoms with Crippen LogP contribution in [-0.2, 0) is 21.2 Å². The van der Waals surface area contributed by atoms with E-state index < -0.39 is 27.3 Å². The average molecular weight is 286 g/mol. The molecule has 104 valence electrons. The van der Waals surface area contributed by atoms with Crippen LogP contribution in [-0.4, -0.2) is 40.8 Å². The van der Waals surface area contributed by atoms with Gasteiger partial charge in [-0.3, -0.25) is 4.79 Å². The molecule has 8 nitrogen and oxygen atoms in total. The van der Waals surface area contributed by atoms with Crippen LogP contribution >= 0.6 is 0 Å². The number of sulfonamides is 1. The topological polar surface area (TPSA) is 136 Å². The normalized spacial score (nSPS) is 14.5. The Bertz CT molecular complexity index is 561. The average Bonchev–Trinajstić information content (AvgIpc) is 2.81. The molecule has 0 aromatic carbocycles. The van der Waals surface area contributed by atoms with Crippen molar-refractivity contribution in [1.29, 1.82) is 5.26 Å². The van der Waals surface area contributed by atoms with Crippen LogP contribution in [0, 0.1) is 11.3 Å². The molecule has 1 rings (SSSR count). The summed E-state index contributed by atoms with van der Waals surface area (Å²) in [4.78, 5) is 17.5. The molecule has 1 unspecified atom stereocenters. The minimum atomic E-state index is -4.00. The van der Waals surface area contributed by atoms with E-state index in [1.54, 1.807) is 6.07 Å². The van der Waals surface area contributed by atoms with E-state index in [9.17, 15) is 13.2 Å². The van der Waals surface area contributed by atoms with Gasteiger partial charge in [-0.25, -0.2) is 13.4 Å². The second-order valence-electron chi connectivity index (χ2n) is 3.86. The van der Waals surface area contributed by atoms with Crippen molar-refractivity contribution in [3.63, 3.8) is 0 Å². The number of hydrogen-bond acceptors (Lipinski definition) is 5. The lowest BCUT2D eigenvalue weighted by Gasteiger charge is -2.16. The summed E-state index contributed by atoms with van der Waals surface area (Å²) in [6.07, 6.45) is 2.79. The second-order valence-corrected chi connectivity index (χ2v) is 5.76. The van der Waals surface area contributed by atoms with Gasteiger partial charge >= 0.3 is 5.97 Å². The fraction of sp³-hybridized carbons (Fsp3) is 0.500. The quantitative estimate of drug-likeness (QED) is 0.625. The van der Waals surface area contributed by atoms with Gasteiger partial charge in [0.2, 0.25) is 10.0 Å². The van der Waals surface area contributed by atoms with Crippen molar-refractivity contribution < 1.29 is 18.3 Å². The molecule has 0 aliphatic rings. The van der Waals surface area contributed by atoms with E-state index in [2.05, 4.69) is 9.97 Å². The number of H-pyrrole nitrogens is 1. The zero-order chi connectivity index (χ0) is 14.5. The molecule has 0 saturated carbocycles. The molecule has 0 aliphatic carbocycles. The lowest BCUT2D eigenvalue weighted by Crippen LogP contribution is -2.45. The Morgan fingerprint density at radius 1 is 1.68 bits per heavy atom. The number of aromatic nitrogens is 2. The molecule has 0 aliphatic heterocycles. The highest BCUT2D eigenvalue weighted by molar-refractivity contribution is 7.90. The third-order valence-corrected chi connectivity index (χ3v) is 4.27. The summed E-state index contributed by atoms with van der Waals surface area (Å²) in [7, 11) is -4.00. The fourth-order valence-electron chi connectivity index (χ4n) is 1.46. The second kappa shape index (κ2) is 6.31. The molecule has 19 heavy (non-hydrogen) atoms. The van der Waals surface area contributed by atoms with Crippen LogP contribution in [0.5, 0.6) is 0 Å². The fourth-order valence-corrected chi connectivity index (χ4v) is 2.78. The summed E-state index contributed by atoms with van der Waals surface area (Å²) in [5, 5.41) is 16.5.